The molecule has 0 unspecified atom stereocenters. The summed E-state index contributed by atoms with van der Waals surface area (Å²) in [5.41, 5.74) is 0. The molecule has 2 nitrogen and oxygen atoms in total. The van der Waals surface area contributed by atoms with Crippen molar-refractivity contribution in [2.24, 2.45) is 5.92 Å². The van der Waals surface area contributed by atoms with Crippen molar-refractivity contribution in [1.29, 1.82) is 0 Å². The van der Waals surface area contributed by atoms with E-state index in [9.17, 15) is 4.79 Å². The number of para-hydroxylation sites is 1. The van der Waals surface area contributed by atoms with Gasteiger partial charge in [0.05, 0.1) is 7.11 Å². The standard InChI is InChI=1S/C12H16O2S/c1-3-10(8-13)9-15-12-7-5-4-6-11(12)14-2/h4-8,10H,3,9H2,1-2H3/t10-/m1/s1. The zero-order valence-electron chi connectivity index (χ0n) is 9.10. The molecule has 0 aromatic heterocycles. The van der Waals surface area contributed by atoms with Crippen LogP contribution in [0.3, 0.4) is 0 Å². The minimum atomic E-state index is 0.139. The van der Waals surface area contributed by atoms with Gasteiger partial charge < -0.3 is 9.53 Å². The average Bonchev–Trinajstić information content (AvgIpc) is 2.31. The molecular formula is C12H16O2S. The second kappa shape index (κ2) is 6.51. The number of thioether (sulfide) groups is 1. The molecule has 0 N–H and O–H groups in total. The first-order valence-electron chi connectivity index (χ1n) is 5.03. The molecule has 15 heavy (non-hydrogen) atoms. The molecule has 0 amide bonds. The summed E-state index contributed by atoms with van der Waals surface area (Å²) in [5, 5.41) is 0. The van der Waals surface area contributed by atoms with E-state index in [1.165, 1.54) is 0 Å². The molecule has 1 aromatic carbocycles. The topological polar surface area (TPSA) is 26.3 Å². The van der Waals surface area contributed by atoms with Crippen LogP contribution in [0.1, 0.15) is 13.3 Å². The minimum Gasteiger partial charge on any atom is -0.496 e. The summed E-state index contributed by atoms with van der Waals surface area (Å²) in [6, 6.07) is 7.87. The lowest BCUT2D eigenvalue weighted by molar-refractivity contribution is -0.110. The molecule has 0 aliphatic rings. The molecule has 0 saturated carbocycles. The summed E-state index contributed by atoms with van der Waals surface area (Å²) in [5.74, 6) is 1.84. The van der Waals surface area contributed by atoms with Gasteiger partial charge in [-0.2, -0.15) is 0 Å². The maximum absolute atomic E-state index is 10.7. The molecule has 1 rings (SSSR count). The highest BCUT2D eigenvalue weighted by Gasteiger charge is 2.07. The van der Waals surface area contributed by atoms with Crippen LogP contribution in [0, 0.1) is 5.92 Å². The van der Waals surface area contributed by atoms with Crippen molar-refractivity contribution in [1.82, 2.24) is 0 Å². The van der Waals surface area contributed by atoms with Crippen LogP contribution in [-0.4, -0.2) is 19.1 Å². The van der Waals surface area contributed by atoms with Gasteiger partial charge in [-0.05, 0) is 18.6 Å². The number of benzene rings is 1. The van der Waals surface area contributed by atoms with Crippen LogP contribution < -0.4 is 4.74 Å². The van der Waals surface area contributed by atoms with Gasteiger partial charge in [0.15, 0.2) is 0 Å². The fourth-order valence-electron chi connectivity index (χ4n) is 1.19. The number of carbonyl (C=O) groups excluding carboxylic acids is 1. The van der Waals surface area contributed by atoms with Crippen LogP contribution in [-0.2, 0) is 4.79 Å². The van der Waals surface area contributed by atoms with E-state index in [0.29, 0.717) is 0 Å². The fraction of sp³-hybridized carbons (Fsp3) is 0.417. The van der Waals surface area contributed by atoms with Crippen molar-refractivity contribution in [3.05, 3.63) is 24.3 Å². The van der Waals surface area contributed by atoms with Gasteiger partial charge in [0, 0.05) is 16.6 Å². The second-order valence-electron chi connectivity index (χ2n) is 3.27. The highest BCUT2D eigenvalue weighted by Crippen LogP contribution is 2.30. The Hall–Kier alpha value is -0.960. The highest BCUT2D eigenvalue weighted by atomic mass is 32.2. The molecule has 0 fully saturated rings. The van der Waals surface area contributed by atoms with Gasteiger partial charge in [-0.25, -0.2) is 0 Å². The highest BCUT2D eigenvalue weighted by molar-refractivity contribution is 7.99. The Labute approximate surface area is 95.0 Å². The van der Waals surface area contributed by atoms with Crippen LogP contribution in [0.4, 0.5) is 0 Å². The Bertz CT molecular complexity index is 312. The first-order chi connectivity index (χ1) is 7.31. The summed E-state index contributed by atoms with van der Waals surface area (Å²) >= 11 is 1.67. The lowest BCUT2D eigenvalue weighted by atomic mass is 10.1. The Balaban J connectivity index is 2.60. The second-order valence-corrected chi connectivity index (χ2v) is 4.33. The average molecular weight is 224 g/mol. The van der Waals surface area contributed by atoms with Gasteiger partial charge in [0.2, 0.25) is 0 Å². The Morgan fingerprint density at radius 3 is 2.80 bits per heavy atom. The molecule has 0 saturated heterocycles. The molecule has 0 heterocycles. The molecule has 1 atom stereocenters. The quantitative estimate of drug-likeness (QED) is 0.549. The predicted octanol–water partition coefficient (Wildman–Crippen LogP) is 3.01. The smallest absolute Gasteiger partial charge is 0.132 e. The molecule has 0 spiro atoms. The summed E-state index contributed by atoms with van der Waals surface area (Å²) in [7, 11) is 1.66. The van der Waals surface area contributed by atoms with Gasteiger partial charge >= 0.3 is 0 Å². The van der Waals surface area contributed by atoms with E-state index < -0.39 is 0 Å². The van der Waals surface area contributed by atoms with Gasteiger partial charge in [-0.15, -0.1) is 11.8 Å². The third-order valence-electron chi connectivity index (χ3n) is 2.24. The minimum absolute atomic E-state index is 0.139. The zero-order chi connectivity index (χ0) is 11.1. The largest absolute Gasteiger partial charge is 0.496 e. The number of carbonyl (C=O) groups is 1. The Kier molecular flexibility index (Phi) is 5.26. The Morgan fingerprint density at radius 2 is 2.20 bits per heavy atom. The normalized spacial score (nSPS) is 12.1. The maximum atomic E-state index is 10.7. The molecule has 0 aliphatic heterocycles. The van der Waals surface area contributed by atoms with Crippen molar-refractivity contribution in [3.8, 4) is 5.75 Å². The van der Waals surface area contributed by atoms with E-state index in [4.69, 9.17) is 4.74 Å². The van der Waals surface area contributed by atoms with Gasteiger partial charge in [0.25, 0.3) is 0 Å². The molecule has 0 radical (unpaired) electrons. The first-order valence-corrected chi connectivity index (χ1v) is 6.01. The molecule has 1 aromatic rings. The first kappa shape index (κ1) is 12.1. The molecule has 0 aliphatic carbocycles. The van der Waals surface area contributed by atoms with Crippen LogP contribution >= 0.6 is 11.8 Å². The van der Waals surface area contributed by atoms with Crippen LogP contribution in [0.5, 0.6) is 5.75 Å². The zero-order valence-corrected chi connectivity index (χ0v) is 9.92. The maximum Gasteiger partial charge on any atom is 0.132 e. The van der Waals surface area contributed by atoms with Gasteiger partial charge in [0.1, 0.15) is 12.0 Å². The molecule has 82 valence electrons. The van der Waals surface area contributed by atoms with E-state index in [0.717, 1.165) is 29.1 Å². The van der Waals surface area contributed by atoms with E-state index in [1.54, 1.807) is 18.9 Å². The van der Waals surface area contributed by atoms with Crippen LogP contribution in [0.15, 0.2) is 29.2 Å². The van der Waals surface area contributed by atoms with Crippen molar-refractivity contribution in [2.45, 2.75) is 18.2 Å². The number of hydrogen-bond acceptors (Lipinski definition) is 3. The third kappa shape index (κ3) is 3.59. The van der Waals surface area contributed by atoms with Gasteiger partial charge in [-0.1, -0.05) is 19.1 Å². The monoisotopic (exact) mass is 224 g/mol. The number of rotatable bonds is 6. The van der Waals surface area contributed by atoms with E-state index in [-0.39, 0.29) is 5.92 Å². The number of ether oxygens (including phenoxy) is 1. The van der Waals surface area contributed by atoms with E-state index in [2.05, 4.69) is 0 Å². The lowest BCUT2D eigenvalue weighted by Crippen LogP contribution is -2.03. The Morgan fingerprint density at radius 1 is 1.47 bits per heavy atom. The van der Waals surface area contributed by atoms with Crippen molar-refractivity contribution in [2.75, 3.05) is 12.9 Å². The summed E-state index contributed by atoms with van der Waals surface area (Å²) in [6.45, 7) is 2.03. The van der Waals surface area contributed by atoms with Crippen LogP contribution in [0.2, 0.25) is 0 Å². The van der Waals surface area contributed by atoms with Crippen LogP contribution in [0.25, 0.3) is 0 Å². The van der Waals surface area contributed by atoms with E-state index in [1.807, 2.05) is 31.2 Å². The van der Waals surface area contributed by atoms with Crippen molar-refractivity contribution in [3.63, 3.8) is 0 Å². The lowest BCUT2D eigenvalue weighted by Gasteiger charge is -2.09. The summed E-state index contributed by atoms with van der Waals surface area (Å²) in [6.07, 6.45) is 1.92. The van der Waals surface area contributed by atoms with Crippen molar-refractivity contribution >= 4 is 18.0 Å². The fourth-order valence-corrected chi connectivity index (χ4v) is 2.36. The molecule has 0 bridgehead atoms. The predicted molar refractivity (Wildman–Crippen MR) is 63.6 cm³/mol. The molecular weight excluding hydrogens is 208 g/mol. The van der Waals surface area contributed by atoms with E-state index >= 15 is 0 Å². The number of methoxy groups -OCH3 is 1. The number of aldehydes is 1. The third-order valence-corrected chi connectivity index (χ3v) is 3.48. The SMILES string of the molecule is CC[C@H](C=O)CSc1ccccc1OC. The molecule has 3 heteroatoms. The number of hydrogen-bond donors (Lipinski definition) is 0. The van der Waals surface area contributed by atoms with Gasteiger partial charge in [-0.3, -0.25) is 0 Å². The summed E-state index contributed by atoms with van der Waals surface area (Å²) in [4.78, 5) is 11.8. The summed E-state index contributed by atoms with van der Waals surface area (Å²) < 4.78 is 5.24. The van der Waals surface area contributed by atoms with Crippen molar-refractivity contribution < 1.29 is 9.53 Å².